The molecule has 0 aliphatic carbocycles. The zero-order chi connectivity index (χ0) is 19.3. The molecule has 0 atom stereocenters. The van der Waals surface area contributed by atoms with Gasteiger partial charge in [0.05, 0.1) is 5.75 Å². The fourth-order valence-electron chi connectivity index (χ4n) is 2.83. The summed E-state index contributed by atoms with van der Waals surface area (Å²) in [5.41, 5.74) is 3.12. The predicted octanol–water partition coefficient (Wildman–Crippen LogP) is 4.78. The summed E-state index contributed by atoms with van der Waals surface area (Å²) >= 11 is 1.51. The lowest BCUT2D eigenvalue weighted by atomic mass is 10.1. The first-order valence-electron chi connectivity index (χ1n) is 8.86. The van der Waals surface area contributed by atoms with Crippen LogP contribution in [0.5, 0.6) is 0 Å². The van der Waals surface area contributed by atoms with Crippen molar-refractivity contribution in [3.8, 4) is 22.8 Å². The second-order valence-corrected chi connectivity index (χ2v) is 7.18. The average Bonchev–Trinajstić information content (AvgIpc) is 3.35. The van der Waals surface area contributed by atoms with Crippen LogP contribution in [0.1, 0.15) is 11.5 Å². The number of hydrogen-bond acceptors (Lipinski definition) is 6. The smallest absolute Gasteiger partial charge is 0.237 e. The molecule has 0 amide bonds. The third-order valence-electron chi connectivity index (χ3n) is 4.13. The SMILES string of the molecule is C=CCn1c(SCc2nc(-c3cccc(C)c3)no2)nnc1-c1ccccc1. The molecule has 28 heavy (non-hydrogen) atoms. The van der Waals surface area contributed by atoms with Crippen molar-refractivity contribution in [2.45, 2.75) is 24.4 Å². The average molecular weight is 389 g/mol. The molecular formula is C21H19N5OS. The lowest BCUT2D eigenvalue weighted by molar-refractivity contribution is 0.391. The van der Waals surface area contributed by atoms with E-state index in [0.29, 0.717) is 24.0 Å². The van der Waals surface area contributed by atoms with Crippen LogP contribution in [0.4, 0.5) is 0 Å². The van der Waals surface area contributed by atoms with E-state index in [1.54, 1.807) is 0 Å². The molecule has 0 saturated carbocycles. The van der Waals surface area contributed by atoms with Crippen molar-refractivity contribution in [2.75, 3.05) is 0 Å². The molecule has 0 spiro atoms. The monoisotopic (exact) mass is 389 g/mol. The number of allylic oxidation sites excluding steroid dienone is 1. The van der Waals surface area contributed by atoms with Crippen LogP contribution in [0.25, 0.3) is 22.8 Å². The molecule has 0 N–H and O–H groups in total. The summed E-state index contributed by atoms with van der Waals surface area (Å²) in [7, 11) is 0. The number of aromatic nitrogens is 5. The molecule has 0 aliphatic rings. The van der Waals surface area contributed by atoms with Crippen LogP contribution in [0.15, 0.2) is 76.9 Å². The molecular weight excluding hydrogens is 370 g/mol. The molecule has 0 radical (unpaired) electrons. The Morgan fingerprint density at radius 1 is 1.07 bits per heavy atom. The highest BCUT2D eigenvalue weighted by Crippen LogP contribution is 2.27. The van der Waals surface area contributed by atoms with E-state index in [1.165, 1.54) is 11.8 Å². The van der Waals surface area contributed by atoms with Crippen LogP contribution in [0.2, 0.25) is 0 Å². The molecule has 0 saturated heterocycles. The molecule has 4 aromatic rings. The first-order valence-corrected chi connectivity index (χ1v) is 9.85. The number of thioether (sulfide) groups is 1. The summed E-state index contributed by atoms with van der Waals surface area (Å²) in [4.78, 5) is 4.50. The van der Waals surface area contributed by atoms with Crippen molar-refractivity contribution in [1.82, 2.24) is 24.9 Å². The highest BCUT2D eigenvalue weighted by molar-refractivity contribution is 7.98. The number of benzene rings is 2. The van der Waals surface area contributed by atoms with E-state index in [-0.39, 0.29) is 0 Å². The summed E-state index contributed by atoms with van der Waals surface area (Å²) in [5.74, 6) is 2.48. The Kier molecular flexibility index (Phi) is 5.34. The molecule has 2 aromatic carbocycles. The summed E-state index contributed by atoms with van der Waals surface area (Å²) in [6, 6.07) is 18.0. The molecule has 0 fully saturated rings. The molecule has 0 unspecified atom stereocenters. The predicted molar refractivity (Wildman–Crippen MR) is 110 cm³/mol. The third kappa shape index (κ3) is 3.89. The number of aryl methyl sites for hydroxylation is 1. The van der Waals surface area contributed by atoms with E-state index < -0.39 is 0 Å². The topological polar surface area (TPSA) is 69.6 Å². The first-order chi connectivity index (χ1) is 13.7. The van der Waals surface area contributed by atoms with E-state index in [9.17, 15) is 0 Å². The minimum atomic E-state index is 0.517. The summed E-state index contributed by atoms with van der Waals surface area (Å²) < 4.78 is 7.44. The molecule has 2 heterocycles. The van der Waals surface area contributed by atoms with Crippen molar-refractivity contribution in [3.63, 3.8) is 0 Å². The van der Waals surface area contributed by atoms with E-state index >= 15 is 0 Å². The van der Waals surface area contributed by atoms with Gasteiger partial charge < -0.3 is 4.52 Å². The van der Waals surface area contributed by atoms with E-state index in [2.05, 4.69) is 26.9 Å². The van der Waals surface area contributed by atoms with Gasteiger partial charge in [-0.1, -0.05) is 77.1 Å². The zero-order valence-corrected chi connectivity index (χ0v) is 16.3. The van der Waals surface area contributed by atoms with Gasteiger partial charge in [0.25, 0.3) is 0 Å². The maximum Gasteiger partial charge on any atom is 0.237 e. The normalized spacial score (nSPS) is 10.9. The van der Waals surface area contributed by atoms with Crippen LogP contribution in [0, 0.1) is 6.92 Å². The minimum Gasteiger partial charge on any atom is -0.338 e. The van der Waals surface area contributed by atoms with E-state index in [1.807, 2.05) is 72.2 Å². The van der Waals surface area contributed by atoms with Crippen molar-refractivity contribution < 1.29 is 4.52 Å². The van der Waals surface area contributed by atoms with Crippen molar-refractivity contribution in [2.24, 2.45) is 0 Å². The molecule has 0 aliphatic heterocycles. The lowest BCUT2D eigenvalue weighted by Gasteiger charge is -2.06. The van der Waals surface area contributed by atoms with Gasteiger partial charge in [0, 0.05) is 17.7 Å². The van der Waals surface area contributed by atoms with Gasteiger partial charge in [0.1, 0.15) is 0 Å². The van der Waals surface area contributed by atoms with Gasteiger partial charge in [-0.2, -0.15) is 4.98 Å². The largest absolute Gasteiger partial charge is 0.338 e. The van der Waals surface area contributed by atoms with Crippen LogP contribution in [0.3, 0.4) is 0 Å². The Morgan fingerprint density at radius 2 is 1.89 bits per heavy atom. The zero-order valence-electron chi connectivity index (χ0n) is 15.4. The molecule has 7 heteroatoms. The fraction of sp³-hybridized carbons (Fsp3) is 0.143. The van der Waals surface area contributed by atoms with Crippen molar-refractivity contribution >= 4 is 11.8 Å². The maximum atomic E-state index is 5.41. The maximum absolute atomic E-state index is 5.41. The Hall–Kier alpha value is -3.19. The Balaban J connectivity index is 1.53. The van der Waals surface area contributed by atoms with Crippen molar-refractivity contribution in [3.05, 3.63) is 78.7 Å². The highest BCUT2D eigenvalue weighted by atomic mass is 32.2. The molecule has 6 nitrogen and oxygen atoms in total. The summed E-state index contributed by atoms with van der Waals surface area (Å²) in [6.07, 6.45) is 1.84. The standard InChI is InChI=1S/C21H19N5OS/c1-3-12-26-20(16-9-5-4-6-10-16)23-24-21(26)28-14-18-22-19(25-27-18)17-11-7-8-15(2)13-17/h3-11,13H,1,12,14H2,2H3. The Morgan fingerprint density at radius 3 is 2.68 bits per heavy atom. The van der Waals surface area contributed by atoms with Gasteiger partial charge in [-0.05, 0) is 13.0 Å². The van der Waals surface area contributed by atoms with E-state index in [0.717, 1.165) is 27.7 Å². The van der Waals surface area contributed by atoms with Gasteiger partial charge in [-0.3, -0.25) is 4.57 Å². The van der Waals surface area contributed by atoms with Gasteiger partial charge >= 0.3 is 0 Å². The van der Waals surface area contributed by atoms with Crippen molar-refractivity contribution in [1.29, 1.82) is 0 Å². The minimum absolute atomic E-state index is 0.517. The van der Waals surface area contributed by atoms with Gasteiger partial charge in [0.2, 0.25) is 11.7 Å². The van der Waals surface area contributed by atoms with Crippen LogP contribution < -0.4 is 0 Å². The van der Waals surface area contributed by atoms with Crippen LogP contribution in [-0.2, 0) is 12.3 Å². The Bertz CT molecular complexity index is 1090. The highest BCUT2D eigenvalue weighted by Gasteiger charge is 2.15. The molecule has 0 bridgehead atoms. The molecule has 2 aromatic heterocycles. The number of hydrogen-bond donors (Lipinski definition) is 0. The van der Waals surface area contributed by atoms with Gasteiger partial charge in [-0.15, -0.1) is 16.8 Å². The first kappa shape index (κ1) is 18.2. The third-order valence-corrected chi connectivity index (χ3v) is 5.08. The number of rotatable bonds is 7. The molecule has 4 rings (SSSR count). The lowest BCUT2D eigenvalue weighted by Crippen LogP contribution is -2.00. The van der Waals surface area contributed by atoms with Gasteiger partial charge in [-0.25, -0.2) is 0 Å². The van der Waals surface area contributed by atoms with E-state index in [4.69, 9.17) is 4.52 Å². The van der Waals surface area contributed by atoms with Crippen LogP contribution >= 0.6 is 11.8 Å². The summed E-state index contributed by atoms with van der Waals surface area (Å²) in [6.45, 7) is 6.51. The van der Waals surface area contributed by atoms with Gasteiger partial charge in [0.15, 0.2) is 11.0 Å². The second kappa shape index (κ2) is 8.22. The quantitative estimate of drug-likeness (QED) is 0.335. The fourth-order valence-corrected chi connectivity index (χ4v) is 3.62. The number of nitrogens with zero attached hydrogens (tertiary/aromatic N) is 5. The van der Waals surface area contributed by atoms with Crippen LogP contribution in [-0.4, -0.2) is 24.9 Å². The Labute approximate surface area is 167 Å². The molecule has 140 valence electrons. The summed E-state index contributed by atoms with van der Waals surface area (Å²) in [5, 5.41) is 13.6. The second-order valence-electron chi connectivity index (χ2n) is 6.24.